The molecular weight excluding hydrogens is 282 g/mol. The van der Waals surface area contributed by atoms with E-state index < -0.39 is 5.97 Å². The fourth-order valence-electron chi connectivity index (χ4n) is 2.17. The van der Waals surface area contributed by atoms with Crippen molar-refractivity contribution in [1.82, 2.24) is 9.97 Å². The number of anilines is 1. The van der Waals surface area contributed by atoms with E-state index in [4.69, 9.17) is 4.74 Å². The van der Waals surface area contributed by atoms with E-state index in [1.54, 1.807) is 48.8 Å². The molecule has 110 valence electrons. The summed E-state index contributed by atoms with van der Waals surface area (Å²) in [6.45, 7) is 1.33. The number of carbonyl (C=O) groups excluding carboxylic acids is 2. The molecule has 0 aliphatic carbocycles. The van der Waals surface area contributed by atoms with E-state index >= 15 is 0 Å². The summed E-state index contributed by atoms with van der Waals surface area (Å²) in [4.78, 5) is 30.5. The van der Waals surface area contributed by atoms with Gasteiger partial charge in [0.1, 0.15) is 5.82 Å². The molecule has 0 saturated heterocycles. The van der Waals surface area contributed by atoms with Crippen LogP contribution in [0, 0.1) is 0 Å². The smallest absolute Gasteiger partial charge is 0.308 e. The molecule has 22 heavy (non-hydrogen) atoms. The quantitative estimate of drug-likeness (QED) is 0.575. The van der Waals surface area contributed by atoms with Gasteiger partial charge in [-0.15, -0.1) is 0 Å². The Morgan fingerprint density at radius 1 is 1.18 bits per heavy atom. The number of pyridine rings is 1. The number of benzene rings is 1. The van der Waals surface area contributed by atoms with Gasteiger partial charge in [0.15, 0.2) is 5.75 Å². The molecule has 0 fully saturated rings. The third-order valence-corrected chi connectivity index (χ3v) is 3.08. The second kappa shape index (κ2) is 5.69. The highest BCUT2D eigenvalue weighted by Gasteiger charge is 2.15. The Kier molecular flexibility index (Phi) is 3.57. The fourth-order valence-corrected chi connectivity index (χ4v) is 2.17. The molecule has 0 unspecified atom stereocenters. The number of nitrogens with zero attached hydrogens (tertiary/aromatic N) is 1. The van der Waals surface area contributed by atoms with Crippen LogP contribution in [0.3, 0.4) is 0 Å². The molecule has 0 aliphatic rings. The molecule has 2 N–H and O–H groups in total. The summed E-state index contributed by atoms with van der Waals surface area (Å²) in [6.07, 6.45) is 3.18. The van der Waals surface area contributed by atoms with E-state index in [9.17, 15) is 9.59 Å². The standard InChI is InChI=1S/C16H13N3O3/c1-10(20)22-13-6-4-5-11-12(9-18-15(11)13)16(21)19-14-7-2-3-8-17-14/h2-9,18H,1H3,(H,17,19,21). The first-order chi connectivity index (χ1) is 10.6. The van der Waals surface area contributed by atoms with E-state index in [0.29, 0.717) is 28.0 Å². The van der Waals surface area contributed by atoms with Crippen molar-refractivity contribution in [3.63, 3.8) is 0 Å². The van der Waals surface area contributed by atoms with Gasteiger partial charge in [0.25, 0.3) is 5.91 Å². The second-order valence-electron chi connectivity index (χ2n) is 4.64. The average molecular weight is 295 g/mol. The van der Waals surface area contributed by atoms with Crippen LogP contribution < -0.4 is 10.1 Å². The van der Waals surface area contributed by atoms with Crippen molar-refractivity contribution in [2.45, 2.75) is 6.92 Å². The number of fused-ring (bicyclic) bond motifs is 1. The maximum absolute atomic E-state index is 12.3. The number of aromatic nitrogens is 2. The lowest BCUT2D eigenvalue weighted by Crippen LogP contribution is -2.12. The summed E-state index contributed by atoms with van der Waals surface area (Å²) >= 11 is 0. The highest BCUT2D eigenvalue weighted by molar-refractivity contribution is 6.13. The van der Waals surface area contributed by atoms with Crippen LogP contribution in [0.5, 0.6) is 5.75 Å². The molecule has 3 rings (SSSR count). The number of hydrogen-bond donors (Lipinski definition) is 2. The van der Waals surface area contributed by atoms with Gasteiger partial charge in [-0.05, 0) is 18.2 Å². The van der Waals surface area contributed by atoms with E-state index in [0.717, 1.165) is 0 Å². The molecule has 6 nitrogen and oxygen atoms in total. The Morgan fingerprint density at radius 2 is 2.05 bits per heavy atom. The van der Waals surface area contributed by atoms with Crippen molar-refractivity contribution in [2.24, 2.45) is 0 Å². The van der Waals surface area contributed by atoms with Gasteiger partial charge in [-0.3, -0.25) is 9.59 Å². The van der Waals surface area contributed by atoms with E-state index in [-0.39, 0.29) is 5.91 Å². The van der Waals surface area contributed by atoms with Crippen molar-refractivity contribution in [3.05, 3.63) is 54.4 Å². The molecule has 3 aromatic rings. The Labute approximate surface area is 126 Å². The van der Waals surface area contributed by atoms with Crippen LogP contribution in [0.1, 0.15) is 17.3 Å². The minimum Gasteiger partial charge on any atom is -0.424 e. The van der Waals surface area contributed by atoms with Crippen molar-refractivity contribution in [2.75, 3.05) is 5.32 Å². The number of ether oxygens (including phenoxy) is 1. The predicted octanol–water partition coefficient (Wildman–Crippen LogP) is 2.74. The summed E-state index contributed by atoms with van der Waals surface area (Å²) in [6, 6.07) is 10.4. The second-order valence-corrected chi connectivity index (χ2v) is 4.64. The number of hydrogen-bond acceptors (Lipinski definition) is 4. The molecule has 2 heterocycles. The lowest BCUT2D eigenvalue weighted by molar-refractivity contribution is -0.131. The van der Waals surface area contributed by atoms with Crippen LogP contribution >= 0.6 is 0 Å². The third kappa shape index (κ3) is 2.67. The molecule has 0 bridgehead atoms. The number of amides is 1. The molecule has 0 atom stereocenters. The minimum atomic E-state index is -0.415. The molecular formula is C16H13N3O3. The van der Waals surface area contributed by atoms with Gasteiger partial charge >= 0.3 is 5.97 Å². The first kappa shape index (κ1) is 13.8. The van der Waals surface area contributed by atoms with E-state index in [2.05, 4.69) is 15.3 Å². The van der Waals surface area contributed by atoms with Gasteiger partial charge < -0.3 is 15.0 Å². The maximum Gasteiger partial charge on any atom is 0.308 e. The number of aromatic amines is 1. The monoisotopic (exact) mass is 295 g/mol. The van der Waals surface area contributed by atoms with Gasteiger partial charge in [-0.1, -0.05) is 18.2 Å². The lowest BCUT2D eigenvalue weighted by Gasteiger charge is -2.04. The average Bonchev–Trinajstić information content (AvgIpc) is 2.93. The summed E-state index contributed by atoms with van der Waals surface area (Å²) in [7, 11) is 0. The summed E-state index contributed by atoms with van der Waals surface area (Å²) in [5, 5.41) is 3.39. The Bertz CT molecular complexity index is 840. The number of nitrogens with one attached hydrogen (secondary N) is 2. The predicted molar refractivity (Wildman–Crippen MR) is 81.8 cm³/mol. The molecule has 0 aliphatic heterocycles. The van der Waals surface area contributed by atoms with Gasteiger partial charge in [0, 0.05) is 24.7 Å². The van der Waals surface area contributed by atoms with Crippen LogP contribution in [-0.4, -0.2) is 21.8 Å². The van der Waals surface area contributed by atoms with Gasteiger partial charge in [-0.25, -0.2) is 4.98 Å². The summed E-state index contributed by atoms with van der Waals surface area (Å²) < 4.78 is 5.12. The normalized spacial score (nSPS) is 10.4. The SMILES string of the molecule is CC(=O)Oc1cccc2c(C(=O)Nc3ccccn3)c[nH]c12. The Hall–Kier alpha value is -3.15. The summed E-state index contributed by atoms with van der Waals surface area (Å²) in [5.41, 5.74) is 1.05. The van der Waals surface area contributed by atoms with Crippen LogP contribution in [-0.2, 0) is 4.79 Å². The van der Waals surface area contributed by atoms with E-state index in [1.165, 1.54) is 6.92 Å². The number of H-pyrrole nitrogens is 1. The molecule has 1 amide bonds. The molecule has 6 heteroatoms. The zero-order valence-corrected chi connectivity index (χ0v) is 11.8. The first-order valence-corrected chi connectivity index (χ1v) is 6.66. The van der Waals surface area contributed by atoms with Gasteiger partial charge in [0.2, 0.25) is 0 Å². The maximum atomic E-state index is 12.3. The zero-order chi connectivity index (χ0) is 15.5. The van der Waals surface area contributed by atoms with Crippen LogP contribution in [0.4, 0.5) is 5.82 Å². The summed E-state index contributed by atoms with van der Waals surface area (Å²) in [5.74, 6) is 0.159. The number of rotatable bonds is 3. The fraction of sp³-hybridized carbons (Fsp3) is 0.0625. The van der Waals surface area contributed by atoms with Crippen LogP contribution in [0.25, 0.3) is 10.9 Å². The highest BCUT2D eigenvalue weighted by atomic mass is 16.5. The largest absolute Gasteiger partial charge is 0.424 e. The molecule has 1 aromatic carbocycles. The molecule has 2 aromatic heterocycles. The van der Waals surface area contributed by atoms with Gasteiger partial charge in [-0.2, -0.15) is 0 Å². The number of para-hydroxylation sites is 1. The number of carbonyl (C=O) groups is 2. The minimum absolute atomic E-state index is 0.287. The number of esters is 1. The Balaban J connectivity index is 1.94. The van der Waals surface area contributed by atoms with Crippen molar-refractivity contribution >= 4 is 28.6 Å². The van der Waals surface area contributed by atoms with Crippen LogP contribution in [0.15, 0.2) is 48.8 Å². The lowest BCUT2D eigenvalue weighted by atomic mass is 10.1. The van der Waals surface area contributed by atoms with Gasteiger partial charge in [0.05, 0.1) is 11.1 Å². The Morgan fingerprint density at radius 3 is 2.77 bits per heavy atom. The van der Waals surface area contributed by atoms with Crippen molar-refractivity contribution in [1.29, 1.82) is 0 Å². The zero-order valence-electron chi connectivity index (χ0n) is 11.8. The van der Waals surface area contributed by atoms with Crippen molar-refractivity contribution in [3.8, 4) is 5.75 Å². The van der Waals surface area contributed by atoms with Crippen LogP contribution in [0.2, 0.25) is 0 Å². The highest BCUT2D eigenvalue weighted by Crippen LogP contribution is 2.27. The molecule has 0 saturated carbocycles. The topological polar surface area (TPSA) is 84.1 Å². The first-order valence-electron chi connectivity index (χ1n) is 6.66. The molecule has 0 radical (unpaired) electrons. The van der Waals surface area contributed by atoms with E-state index in [1.807, 2.05) is 0 Å². The third-order valence-electron chi connectivity index (χ3n) is 3.08. The molecule has 0 spiro atoms. The van der Waals surface area contributed by atoms with Crippen molar-refractivity contribution < 1.29 is 14.3 Å².